The summed E-state index contributed by atoms with van der Waals surface area (Å²) in [4.78, 5) is 0. The van der Waals surface area contributed by atoms with Crippen molar-refractivity contribution in [2.24, 2.45) is 5.84 Å². The average Bonchev–Trinajstić information content (AvgIpc) is 2.16. The van der Waals surface area contributed by atoms with E-state index in [9.17, 15) is 0 Å². The molecule has 0 bridgehead atoms. The van der Waals surface area contributed by atoms with Gasteiger partial charge in [0.2, 0.25) is 0 Å². The smallest absolute Gasteiger partial charge is 0.0301 e. The Bertz CT molecular complexity index is 88.9. The summed E-state index contributed by atoms with van der Waals surface area (Å²) in [5, 5.41) is 0. The summed E-state index contributed by atoms with van der Waals surface area (Å²) in [6, 6.07) is 0.517. The van der Waals surface area contributed by atoms with Crippen LogP contribution in [0.2, 0.25) is 0 Å². The van der Waals surface area contributed by atoms with E-state index in [2.05, 4.69) is 19.3 Å². The Morgan fingerprint density at radius 3 is 2.54 bits per heavy atom. The van der Waals surface area contributed by atoms with Gasteiger partial charge in [0.05, 0.1) is 0 Å². The molecule has 3 N–H and O–H groups in total. The van der Waals surface area contributed by atoms with Crippen LogP contribution >= 0.6 is 11.8 Å². The van der Waals surface area contributed by atoms with Crippen molar-refractivity contribution in [1.29, 1.82) is 0 Å². The monoisotopic (exact) mass is 204 g/mol. The predicted molar refractivity (Wildman–Crippen MR) is 62.9 cm³/mol. The highest BCUT2D eigenvalue weighted by Crippen LogP contribution is 2.09. The third-order valence-electron chi connectivity index (χ3n) is 2.06. The molecule has 0 rings (SSSR count). The molecule has 0 aromatic heterocycles. The second kappa shape index (κ2) is 10.4. The molecule has 80 valence electrons. The fraction of sp³-hybridized carbons (Fsp3) is 1.00. The molecule has 0 spiro atoms. The van der Waals surface area contributed by atoms with Crippen molar-refractivity contribution in [3.05, 3.63) is 0 Å². The van der Waals surface area contributed by atoms with Gasteiger partial charge in [-0.15, -0.1) is 0 Å². The summed E-state index contributed by atoms with van der Waals surface area (Å²) >= 11 is 2.00. The lowest BCUT2D eigenvalue weighted by Gasteiger charge is -2.14. The highest BCUT2D eigenvalue weighted by molar-refractivity contribution is 7.99. The summed E-state index contributed by atoms with van der Waals surface area (Å²) in [5.74, 6) is 7.89. The normalized spacial score (nSPS) is 13.2. The largest absolute Gasteiger partial charge is 0.271 e. The van der Waals surface area contributed by atoms with Gasteiger partial charge in [0.15, 0.2) is 0 Å². The van der Waals surface area contributed by atoms with E-state index >= 15 is 0 Å². The Labute approximate surface area is 87.0 Å². The maximum absolute atomic E-state index is 5.47. The van der Waals surface area contributed by atoms with E-state index in [4.69, 9.17) is 5.84 Å². The topological polar surface area (TPSA) is 38.0 Å². The van der Waals surface area contributed by atoms with Gasteiger partial charge in [-0.1, -0.05) is 33.1 Å². The highest BCUT2D eigenvalue weighted by atomic mass is 32.2. The van der Waals surface area contributed by atoms with Crippen LogP contribution in [0.5, 0.6) is 0 Å². The minimum atomic E-state index is 0.517. The number of thioether (sulfide) groups is 1. The molecule has 0 aliphatic heterocycles. The van der Waals surface area contributed by atoms with E-state index in [0.717, 1.165) is 5.75 Å². The van der Waals surface area contributed by atoms with Gasteiger partial charge in [0, 0.05) is 11.8 Å². The van der Waals surface area contributed by atoms with Crippen molar-refractivity contribution in [2.75, 3.05) is 11.5 Å². The van der Waals surface area contributed by atoms with Crippen molar-refractivity contribution >= 4 is 11.8 Å². The molecule has 0 heterocycles. The first kappa shape index (κ1) is 13.3. The van der Waals surface area contributed by atoms with Crippen LogP contribution in [0.4, 0.5) is 0 Å². The molecule has 0 saturated carbocycles. The minimum absolute atomic E-state index is 0.517. The lowest BCUT2D eigenvalue weighted by atomic mass is 10.1. The van der Waals surface area contributed by atoms with Gasteiger partial charge >= 0.3 is 0 Å². The molecule has 0 amide bonds. The minimum Gasteiger partial charge on any atom is -0.271 e. The molecule has 0 aromatic rings. The number of nitrogens with two attached hydrogens (primary N) is 1. The van der Waals surface area contributed by atoms with Gasteiger partial charge < -0.3 is 0 Å². The molecular formula is C10H24N2S. The maximum Gasteiger partial charge on any atom is 0.0301 e. The number of nitrogens with one attached hydrogen (secondary N) is 1. The van der Waals surface area contributed by atoms with E-state index in [1.165, 1.54) is 37.9 Å². The van der Waals surface area contributed by atoms with E-state index < -0.39 is 0 Å². The average molecular weight is 204 g/mol. The number of unbranched alkanes of at least 4 members (excludes halogenated alkanes) is 2. The first-order valence-corrected chi connectivity index (χ1v) is 6.54. The third-order valence-corrected chi connectivity index (χ3v) is 3.39. The van der Waals surface area contributed by atoms with E-state index in [1.807, 2.05) is 11.8 Å². The van der Waals surface area contributed by atoms with E-state index in [-0.39, 0.29) is 0 Å². The van der Waals surface area contributed by atoms with Crippen LogP contribution in [0.15, 0.2) is 0 Å². The van der Waals surface area contributed by atoms with Crippen molar-refractivity contribution in [3.63, 3.8) is 0 Å². The Morgan fingerprint density at radius 2 is 2.00 bits per heavy atom. The number of hydrogen-bond acceptors (Lipinski definition) is 3. The quantitative estimate of drug-likeness (QED) is 0.344. The molecule has 13 heavy (non-hydrogen) atoms. The zero-order valence-electron chi connectivity index (χ0n) is 9.01. The molecule has 0 aliphatic rings. The van der Waals surface area contributed by atoms with Crippen LogP contribution in [0, 0.1) is 0 Å². The van der Waals surface area contributed by atoms with Crippen LogP contribution < -0.4 is 11.3 Å². The van der Waals surface area contributed by atoms with Crippen molar-refractivity contribution in [1.82, 2.24) is 5.43 Å². The number of hydrazine groups is 1. The van der Waals surface area contributed by atoms with Gasteiger partial charge in [-0.25, -0.2) is 0 Å². The zero-order valence-corrected chi connectivity index (χ0v) is 9.83. The Hall–Kier alpha value is 0.270. The van der Waals surface area contributed by atoms with Crippen LogP contribution in [0.3, 0.4) is 0 Å². The third kappa shape index (κ3) is 8.60. The van der Waals surface area contributed by atoms with Gasteiger partial charge in [0.25, 0.3) is 0 Å². The summed E-state index contributed by atoms with van der Waals surface area (Å²) in [6.45, 7) is 4.45. The molecule has 1 atom stereocenters. The fourth-order valence-electron chi connectivity index (χ4n) is 1.23. The SMILES string of the molecule is CCCCCC(CSCCC)NN. The molecule has 0 aliphatic carbocycles. The zero-order chi connectivity index (χ0) is 9.94. The summed E-state index contributed by atoms with van der Waals surface area (Å²) < 4.78 is 0. The molecule has 0 saturated heterocycles. The molecule has 0 radical (unpaired) electrons. The molecule has 0 fully saturated rings. The van der Waals surface area contributed by atoms with Crippen LogP contribution in [0.25, 0.3) is 0 Å². The van der Waals surface area contributed by atoms with Crippen LogP contribution in [-0.2, 0) is 0 Å². The predicted octanol–water partition coefficient (Wildman–Crippen LogP) is 2.54. The van der Waals surface area contributed by atoms with Gasteiger partial charge in [-0.05, 0) is 18.6 Å². The molecule has 2 nitrogen and oxygen atoms in total. The lowest BCUT2D eigenvalue weighted by Crippen LogP contribution is -2.37. The second-order valence-corrected chi connectivity index (χ2v) is 4.58. The van der Waals surface area contributed by atoms with Gasteiger partial charge in [0.1, 0.15) is 0 Å². The first-order chi connectivity index (χ1) is 6.35. The highest BCUT2D eigenvalue weighted by Gasteiger charge is 2.04. The van der Waals surface area contributed by atoms with E-state index in [0.29, 0.717) is 6.04 Å². The molecule has 1 unspecified atom stereocenters. The van der Waals surface area contributed by atoms with Crippen molar-refractivity contribution in [3.8, 4) is 0 Å². The van der Waals surface area contributed by atoms with Gasteiger partial charge in [-0.3, -0.25) is 11.3 Å². The number of hydrogen-bond donors (Lipinski definition) is 2. The maximum atomic E-state index is 5.47. The molecule has 0 aromatic carbocycles. The summed E-state index contributed by atoms with van der Waals surface area (Å²) in [5.41, 5.74) is 2.90. The Kier molecular flexibility index (Phi) is 10.6. The van der Waals surface area contributed by atoms with Crippen LogP contribution in [0.1, 0.15) is 46.0 Å². The fourth-order valence-corrected chi connectivity index (χ4v) is 2.23. The molecule has 3 heteroatoms. The lowest BCUT2D eigenvalue weighted by molar-refractivity contribution is 0.506. The summed E-state index contributed by atoms with van der Waals surface area (Å²) in [7, 11) is 0. The van der Waals surface area contributed by atoms with E-state index in [1.54, 1.807) is 0 Å². The summed E-state index contributed by atoms with van der Waals surface area (Å²) in [6.07, 6.45) is 6.41. The standard InChI is InChI=1S/C10H24N2S/c1-3-5-6-7-10(12-11)9-13-8-4-2/h10,12H,3-9,11H2,1-2H3. The second-order valence-electron chi connectivity index (χ2n) is 3.43. The Morgan fingerprint density at radius 1 is 1.23 bits per heavy atom. The van der Waals surface area contributed by atoms with Crippen molar-refractivity contribution in [2.45, 2.75) is 52.0 Å². The molecular weight excluding hydrogens is 180 g/mol. The van der Waals surface area contributed by atoms with Crippen LogP contribution in [-0.4, -0.2) is 17.5 Å². The van der Waals surface area contributed by atoms with Gasteiger partial charge in [-0.2, -0.15) is 11.8 Å². The van der Waals surface area contributed by atoms with Crippen molar-refractivity contribution < 1.29 is 0 Å². The first-order valence-electron chi connectivity index (χ1n) is 5.39. The Balaban J connectivity index is 3.28. The number of rotatable bonds is 9.